The van der Waals surface area contributed by atoms with Crippen molar-refractivity contribution in [1.29, 1.82) is 0 Å². The smallest absolute Gasteiger partial charge is 0.0195 e. The number of piperazine rings is 1. The highest BCUT2D eigenvalue weighted by Gasteiger charge is 2.30. The van der Waals surface area contributed by atoms with E-state index in [-0.39, 0.29) is 0 Å². The molecule has 0 radical (unpaired) electrons. The molecule has 2 nitrogen and oxygen atoms in total. The van der Waals surface area contributed by atoms with Gasteiger partial charge in [0.1, 0.15) is 0 Å². The third-order valence-corrected chi connectivity index (χ3v) is 3.30. The first kappa shape index (κ1) is 11.0. The van der Waals surface area contributed by atoms with Crippen molar-refractivity contribution >= 4 is 0 Å². The molecule has 1 N–H and O–H groups in total. The molecule has 1 aliphatic rings. The predicted molar refractivity (Wildman–Crippen MR) is 58.0 cm³/mol. The van der Waals surface area contributed by atoms with Crippen molar-refractivity contribution in [1.82, 2.24) is 10.2 Å². The Labute approximate surface area is 82.7 Å². The number of hydrogen-bond donors (Lipinski definition) is 1. The van der Waals surface area contributed by atoms with E-state index in [9.17, 15) is 0 Å². The lowest BCUT2D eigenvalue weighted by molar-refractivity contribution is 0.0601. The minimum absolute atomic E-state index is 0.394. The minimum Gasteiger partial charge on any atom is -0.314 e. The van der Waals surface area contributed by atoms with Gasteiger partial charge < -0.3 is 5.32 Å². The minimum atomic E-state index is 0.394. The second kappa shape index (κ2) is 3.97. The Hall–Kier alpha value is -0.0800. The molecule has 0 aromatic heterocycles. The van der Waals surface area contributed by atoms with E-state index in [4.69, 9.17) is 0 Å². The number of nitrogens with one attached hydrogen (secondary N) is 1. The molecule has 1 saturated heterocycles. The lowest BCUT2D eigenvalue weighted by atomic mass is 9.86. The molecule has 0 aromatic rings. The van der Waals surface area contributed by atoms with Crippen LogP contribution < -0.4 is 5.32 Å². The summed E-state index contributed by atoms with van der Waals surface area (Å²) in [4.78, 5) is 2.62. The van der Waals surface area contributed by atoms with E-state index in [0.29, 0.717) is 17.5 Å². The highest BCUT2D eigenvalue weighted by molar-refractivity contribution is 4.86. The maximum Gasteiger partial charge on any atom is 0.0195 e. The predicted octanol–water partition coefficient (Wildman–Crippen LogP) is 1.71. The third-order valence-electron chi connectivity index (χ3n) is 3.30. The van der Waals surface area contributed by atoms with Crippen molar-refractivity contribution in [2.75, 3.05) is 19.6 Å². The van der Waals surface area contributed by atoms with E-state index in [0.717, 1.165) is 13.1 Å². The zero-order valence-corrected chi connectivity index (χ0v) is 9.72. The van der Waals surface area contributed by atoms with Crippen LogP contribution in [0.2, 0.25) is 0 Å². The van der Waals surface area contributed by atoms with Crippen molar-refractivity contribution in [2.45, 2.75) is 46.7 Å². The molecule has 78 valence electrons. The summed E-state index contributed by atoms with van der Waals surface area (Å²) >= 11 is 0. The zero-order valence-electron chi connectivity index (χ0n) is 9.72. The fourth-order valence-electron chi connectivity index (χ4n) is 1.93. The Kier molecular flexibility index (Phi) is 3.36. The van der Waals surface area contributed by atoms with Gasteiger partial charge in [-0.05, 0) is 19.3 Å². The molecule has 2 unspecified atom stereocenters. The van der Waals surface area contributed by atoms with Gasteiger partial charge in [0.25, 0.3) is 0 Å². The molecule has 0 amide bonds. The summed E-state index contributed by atoms with van der Waals surface area (Å²) in [6.45, 7) is 15.1. The van der Waals surface area contributed by atoms with Crippen LogP contribution in [-0.4, -0.2) is 36.6 Å². The first-order valence-electron chi connectivity index (χ1n) is 5.39. The molecule has 1 heterocycles. The van der Waals surface area contributed by atoms with E-state index < -0.39 is 0 Å². The standard InChI is InChI=1S/C11H24N2/c1-9-8-12-6-7-13(9)10(2)11(3,4)5/h9-10,12H,6-8H2,1-5H3. The highest BCUT2D eigenvalue weighted by Crippen LogP contribution is 2.25. The Morgan fingerprint density at radius 2 is 2.00 bits per heavy atom. The Bertz CT molecular complexity index is 160. The summed E-state index contributed by atoms with van der Waals surface area (Å²) in [5, 5.41) is 3.43. The topological polar surface area (TPSA) is 15.3 Å². The summed E-state index contributed by atoms with van der Waals surface area (Å²) in [5.74, 6) is 0. The van der Waals surface area contributed by atoms with Gasteiger partial charge in [-0.1, -0.05) is 20.8 Å². The summed E-state index contributed by atoms with van der Waals surface area (Å²) in [6, 6.07) is 1.35. The molecule has 1 aliphatic heterocycles. The average Bonchev–Trinajstić information content (AvgIpc) is 2.02. The monoisotopic (exact) mass is 184 g/mol. The van der Waals surface area contributed by atoms with Gasteiger partial charge in [0, 0.05) is 31.7 Å². The van der Waals surface area contributed by atoms with Crippen LogP contribution in [0.1, 0.15) is 34.6 Å². The zero-order chi connectivity index (χ0) is 10.1. The maximum atomic E-state index is 3.43. The second-order valence-corrected chi connectivity index (χ2v) is 5.33. The van der Waals surface area contributed by atoms with Crippen LogP contribution in [0.25, 0.3) is 0 Å². The Morgan fingerprint density at radius 3 is 2.46 bits per heavy atom. The van der Waals surface area contributed by atoms with Crippen molar-refractivity contribution in [2.24, 2.45) is 5.41 Å². The molecule has 2 atom stereocenters. The largest absolute Gasteiger partial charge is 0.314 e. The van der Waals surface area contributed by atoms with Crippen LogP contribution in [0.4, 0.5) is 0 Å². The first-order chi connectivity index (χ1) is 5.93. The van der Waals surface area contributed by atoms with Crippen LogP contribution >= 0.6 is 0 Å². The maximum absolute atomic E-state index is 3.43. The van der Waals surface area contributed by atoms with Crippen LogP contribution in [0.15, 0.2) is 0 Å². The normalized spacial score (nSPS) is 28.8. The molecule has 0 aliphatic carbocycles. The lowest BCUT2D eigenvalue weighted by Gasteiger charge is -2.44. The van der Waals surface area contributed by atoms with Crippen LogP contribution in [0.3, 0.4) is 0 Å². The molecule has 1 fully saturated rings. The first-order valence-corrected chi connectivity index (χ1v) is 5.39. The number of rotatable bonds is 1. The van der Waals surface area contributed by atoms with E-state index in [1.807, 2.05) is 0 Å². The molecule has 0 saturated carbocycles. The SMILES string of the molecule is CC1CNCCN1C(C)C(C)(C)C. The fourth-order valence-corrected chi connectivity index (χ4v) is 1.93. The highest BCUT2D eigenvalue weighted by atomic mass is 15.2. The summed E-state index contributed by atoms with van der Waals surface area (Å²) in [6.07, 6.45) is 0. The van der Waals surface area contributed by atoms with Gasteiger partial charge in [-0.15, -0.1) is 0 Å². The van der Waals surface area contributed by atoms with Gasteiger partial charge >= 0.3 is 0 Å². The molecule has 1 rings (SSSR count). The van der Waals surface area contributed by atoms with Gasteiger partial charge in [-0.25, -0.2) is 0 Å². The van der Waals surface area contributed by atoms with Crippen LogP contribution in [0, 0.1) is 5.41 Å². The number of nitrogens with zero attached hydrogens (tertiary/aromatic N) is 1. The van der Waals surface area contributed by atoms with Crippen molar-refractivity contribution < 1.29 is 0 Å². The lowest BCUT2D eigenvalue weighted by Crippen LogP contribution is -2.56. The molecule has 0 spiro atoms. The fraction of sp³-hybridized carbons (Fsp3) is 1.00. The molecule has 0 aromatic carbocycles. The third kappa shape index (κ3) is 2.68. The summed E-state index contributed by atoms with van der Waals surface area (Å²) in [7, 11) is 0. The second-order valence-electron chi connectivity index (χ2n) is 5.33. The van der Waals surface area contributed by atoms with Gasteiger partial charge in [-0.2, -0.15) is 0 Å². The van der Waals surface area contributed by atoms with E-state index >= 15 is 0 Å². The van der Waals surface area contributed by atoms with E-state index in [2.05, 4.69) is 44.8 Å². The van der Waals surface area contributed by atoms with Crippen molar-refractivity contribution in [3.05, 3.63) is 0 Å². The molecular formula is C11H24N2. The number of hydrogen-bond acceptors (Lipinski definition) is 2. The quantitative estimate of drug-likeness (QED) is 0.667. The van der Waals surface area contributed by atoms with Gasteiger partial charge in [0.2, 0.25) is 0 Å². The van der Waals surface area contributed by atoms with E-state index in [1.165, 1.54) is 6.54 Å². The molecule has 0 bridgehead atoms. The Morgan fingerprint density at radius 1 is 1.38 bits per heavy atom. The van der Waals surface area contributed by atoms with Crippen LogP contribution in [0.5, 0.6) is 0 Å². The molecular weight excluding hydrogens is 160 g/mol. The summed E-state index contributed by atoms with van der Waals surface area (Å²) in [5.41, 5.74) is 0.394. The Balaban J connectivity index is 2.58. The van der Waals surface area contributed by atoms with Crippen molar-refractivity contribution in [3.63, 3.8) is 0 Å². The average molecular weight is 184 g/mol. The van der Waals surface area contributed by atoms with Crippen molar-refractivity contribution in [3.8, 4) is 0 Å². The summed E-state index contributed by atoms with van der Waals surface area (Å²) < 4.78 is 0. The van der Waals surface area contributed by atoms with Crippen LogP contribution in [-0.2, 0) is 0 Å². The molecule has 2 heteroatoms. The van der Waals surface area contributed by atoms with Gasteiger partial charge in [0.15, 0.2) is 0 Å². The van der Waals surface area contributed by atoms with Gasteiger partial charge in [0.05, 0.1) is 0 Å². The molecule has 13 heavy (non-hydrogen) atoms. The van der Waals surface area contributed by atoms with E-state index in [1.54, 1.807) is 0 Å². The van der Waals surface area contributed by atoms with Gasteiger partial charge in [-0.3, -0.25) is 4.90 Å².